The van der Waals surface area contributed by atoms with Crippen molar-refractivity contribution >= 4 is 34.3 Å². The predicted molar refractivity (Wildman–Crippen MR) is 89.3 cm³/mol. The van der Waals surface area contributed by atoms with E-state index < -0.39 is 0 Å². The highest BCUT2D eigenvalue weighted by Gasteiger charge is 2.13. The minimum Gasteiger partial charge on any atom is -0.321 e. The van der Waals surface area contributed by atoms with Gasteiger partial charge in [-0.05, 0) is 42.5 Å². The van der Waals surface area contributed by atoms with Gasteiger partial charge < -0.3 is 5.32 Å². The normalized spacial score (nSPS) is 10.6. The Kier molecular flexibility index (Phi) is 3.86. The first kappa shape index (κ1) is 14.0. The van der Waals surface area contributed by atoms with E-state index in [0.717, 1.165) is 26.7 Å². The quantitative estimate of drug-likeness (QED) is 0.758. The van der Waals surface area contributed by atoms with Crippen LogP contribution in [-0.4, -0.2) is 10.9 Å². The van der Waals surface area contributed by atoms with E-state index >= 15 is 0 Å². The number of nitrogens with zero attached hydrogens (tertiary/aromatic N) is 1. The highest BCUT2D eigenvalue weighted by molar-refractivity contribution is 7.22. The number of amides is 1. The van der Waals surface area contributed by atoms with Crippen LogP contribution in [0.3, 0.4) is 0 Å². The molecule has 3 aromatic rings. The number of carbonyl (C=O) groups is 1. The second-order valence-electron chi connectivity index (χ2n) is 4.78. The number of carbonyl (C=O) groups excluding carboxylic acids is 1. The number of anilines is 1. The average Bonchev–Trinajstić information content (AvgIpc) is 3.12. The van der Waals surface area contributed by atoms with Crippen LogP contribution in [0.5, 0.6) is 0 Å². The van der Waals surface area contributed by atoms with E-state index in [1.807, 2.05) is 49.6 Å². The Morgan fingerprint density at radius 3 is 2.86 bits per heavy atom. The predicted octanol–water partition coefficient (Wildman–Crippen LogP) is 4.74. The summed E-state index contributed by atoms with van der Waals surface area (Å²) in [5.41, 5.74) is 3.03. The van der Waals surface area contributed by atoms with Gasteiger partial charge in [-0.2, -0.15) is 0 Å². The second-order valence-corrected chi connectivity index (χ2v) is 6.76. The summed E-state index contributed by atoms with van der Waals surface area (Å²) >= 11 is 3.04. The van der Waals surface area contributed by atoms with Gasteiger partial charge in [-0.25, -0.2) is 4.98 Å². The van der Waals surface area contributed by atoms with Crippen LogP contribution in [0.1, 0.15) is 20.8 Å². The Morgan fingerprint density at radius 2 is 2.10 bits per heavy atom. The summed E-state index contributed by atoms with van der Waals surface area (Å²) in [6.07, 6.45) is 1.64. The Labute approximate surface area is 131 Å². The molecule has 2 heterocycles. The molecular weight excluding hydrogens is 300 g/mol. The zero-order valence-corrected chi connectivity index (χ0v) is 13.3. The number of thiophene rings is 1. The van der Waals surface area contributed by atoms with Crippen LogP contribution < -0.4 is 5.32 Å². The molecule has 0 aliphatic heterocycles. The van der Waals surface area contributed by atoms with Crippen molar-refractivity contribution in [2.45, 2.75) is 13.8 Å². The van der Waals surface area contributed by atoms with Crippen LogP contribution in [0.25, 0.3) is 9.88 Å². The van der Waals surface area contributed by atoms with Crippen molar-refractivity contribution in [2.24, 2.45) is 0 Å². The fraction of sp³-hybridized carbons (Fsp3) is 0.125. The van der Waals surface area contributed by atoms with Crippen molar-refractivity contribution in [3.05, 3.63) is 57.9 Å². The molecule has 3 nitrogen and oxygen atoms in total. The molecule has 0 bridgehead atoms. The number of rotatable bonds is 3. The van der Waals surface area contributed by atoms with Crippen molar-refractivity contribution in [1.29, 1.82) is 0 Å². The molecule has 0 spiro atoms. The fourth-order valence-electron chi connectivity index (χ4n) is 1.95. The molecule has 0 aliphatic rings. The highest BCUT2D eigenvalue weighted by atomic mass is 32.1. The SMILES string of the molecule is Cc1ccc(C)c(NC(=O)c2cnc(-c3cccs3)s2)c1. The van der Waals surface area contributed by atoms with Gasteiger partial charge in [-0.1, -0.05) is 18.2 Å². The fourth-order valence-corrected chi connectivity index (χ4v) is 3.56. The van der Waals surface area contributed by atoms with Crippen LogP contribution >= 0.6 is 22.7 Å². The molecule has 0 saturated heterocycles. The molecule has 0 aliphatic carbocycles. The molecule has 1 amide bonds. The van der Waals surface area contributed by atoms with Gasteiger partial charge in [0.15, 0.2) is 0 Å². The largest absolute Gasteiger partial charge is 0.321 e. The number of hydrogen-bond acceptors (Lipinski definition) is 4. The Balaban J connectivity index is 1.81. The molecule has 5 heteroatoms. The van der Waals surface area contributed by atoms with Crippen molar-refractivity contribution < 1.29 is 4.79 Å². The lowest BCUT2D eigenvalue weighted by atomic mass is 10.1. The van der Waals surface area contributed by atoms with Crippen molar-refractivity contribution in [1.82, 2.24) is 4.98 Å². The summed E-state index contributed by atoms with van der Waals surface area (Å²) in [5.74, 6) is -0.107. The standard InChI is InChI=1S/C16H14N2OS2/c1-10-5-6-11(2)12(8-10)18-15(19)14-9-17-16(21-14)13-4-3-7-20-13/h3-9H,1-2H3,(H,18,19). The van der Waals surface area contributed by atoms with E-state index in [2.05, 4.69) is 10.3 Å². The van der Waals surface area contributed by atoms with Crippen LogP contribution in [0.4, 0.5) is 5.69 Å². The maximum Gasteiger partial charge on any atom is 0.267 e. The third kappa shape index (κ3) is 3.04. The van der Waals surface area contributed by atoms with E-state index in [9.17, 15) is 4.79 Å². The van der Waals surface area contributed by atoms with E-state index in [0.29, 0.717) is 4.88 Å². The molecule has 0 radical (unpaired) electrons. The van der Waals surface area contributed by atoms with E-state index in [-0.39, 0.29) is 5.91 Å². The third-order valence-electron chi connectivity index (χ3n) is 3.10. The lowest BCUT2D eigenvalue weighted by molar-refractivity contribution is 0.103. The molecular formula is C16H14N2OS2. The first-order chi connectivity index (χ1) is 10.1. The van der Waals surface area contributed by atoms with Crippen LogP contribution in [0, 0.1) is 13.8 Å². The summed E-state index contributed by atoms with van der Waals surface area (Å²) in [4.78, 5) is 18.4. The van der Waals surface area contributed by atoms with Crippen molar-refractivity contribution in [3.8, 4) is 9.88 Å². The van der Waals surface area contributed by atoms with E-state index in [4.69, 9.17) is 0 Å². The number of nitrogens with one attached hydrogen (secondary N) is 1. The number of hydrogen-bond donors (Lipinski definition) is 1. The molecule has 1 N–H and O–H groups in total. The Hall–Kier alpha value is -1.98. The van der Waals surface area contributed by atoms with Crippen molar-refractivity contribution in [3.63, 3.8) is 0 Å². The molecule has 2 aromatic heterocycles. The van der Waals surface area contributed by atoms with Gasteiger partial charge in [-0.15, -0.1) is 22.7 Å². The minimum absolute atomic E-state index is 0.107. The number of benzene rings is 1. The van der Waals surface area contributed by atoms with E-state index in [1.54, 1.807) is 17.5 Å². The molecule has 106 valence electrons. The van der Waals surface area contributed by atoms with Gasteiger partial charge in [0.05, 0.1) is 11.1 Å². The van der Waals surface area contributed by atoms with Gasteiger partial charge in [0.25, 0.3) is 5.91 Å². The lowest BCUT2D eigenvalue weighted by Crippen LogP contribution is -2.11. The summed E-state index contributed by atoms with van der Waals surface area (Å²) < 4.78 is 0. The smallest absolute Gasteiger partial charge is 0.267 e. The number of aryl methyl sites for hydroxylation is 2. The van der Waals surface area contributed by atoms with Gasteiger partial charge in [0, 0.05) is 5.69 Å². The van der Waals surface area contributed by atoms with Crippen LogP contribution in [0.15, 0.2) is 41.9 Å². The third-order valence-corrected chi connectivity index (χ3v) is 5.14. The monoisotopic (exact) mass is 314 g/mol. The zero-order chi connectivity index (χ0) is 14.8. The number of aromatic nitrogens is 1. The Bertz CT molecular complexity index is 775. The molecule has 0 atom stereocenters. The molecule has 0 unspecified atom stereocenters. The Morgan fingerprint density at radius 1 is 1.24 bits per heavy atom. The zero-order valence-electron chi connectivity index (χ0n) is 11.7. The molecule has 0 fully saturated rings. The topological polar surface area (TPSA) is 42.0 Å². The van der Waals surface area contributed by atoms with Gasteiger partial charge in [0.2, 0.25) is 0 Å². The molecule has 3 rings (SSSR count). The van der Waals surface area contributed by atoms with Gasteiger partial charge in [-0.3, -0.25) is 4.79 Å². The van der Waals surface area contributed by atoms with E-state index in [1.165, 1.54) is 11.3 Å². The summed E-state index contributed by atoms with van der Waals surface area (Å²) in [6.45, 7) is 4.00. The maximum atomic E-state index is 12.3. The average molecular weight is 314 g/mol. The van der Waals surface area contributed by atoms with Crippen LogP contribution in [-0.2, 0) is 0 Å². The van der Waals surface area contributed by atoms with Gasteiger partial charge in [0.1, 0.15) is 9.88 Å². The van der Waals surface area contributed by atoms with Crippen molar-refractivity contribution in [2.75, 3.05) is 5.32 Å². The summed E-state index contributed by atoms with van der Waals surface area (Å²) in [5, 5.41) is 5.85. The minimum atomic E-state index is -0.107. The summed E-state index contributed by atoms with van der Waals surface area (Å²) in [7, 11) is 0. The first-order valence-corrected chi connectivity index (χ1v) is 8.21. The second kappa shape index (κ2) is 5.79. The summed E-state index contributed by atoms with van der Waals surface area (Å²) in [6, 6.07) is 10.0. The van der Waals surface area contributed by atoms with Crippen LogP contribution in [0.2, 0.25) is 0 Å². The first-order valence-electron chi connectivity index (χ1n) is 6.52. The lowest BCUT2D eigenvalue weighted by Gasteiger charge is -2.07. The number of thiazole rings is 1. The maximum absolute atomic E-state index is 12.3. The molecule has 0 saturated carbocycles. The van der Waals surface area contributed by atoms with Gasteiger partial charge >= 0.3 is 0 Å². The molecule has 1 aromatic carbocycles. The molecule has 21 heavy (non-hydrogen) atoms. The highest BCUT2D eigenvalue weighted by Crippen LogP contribution is 2.29.